The van der Waals surface area contributed by atoms with E-state index < -0.39 is 0 Å². The summed E-state index contributed by atoms with van der Waals surface area (Å²) < 4.78 is 9.43. The normalized spacial score (nSPS) is 11.6. The molecule has 3 nitrogen and oxygen atoms in total. The molecule has 2 aromatic heterocycles. The molecule has 2 heterocycles. The Balaban J connectivity index is 1.17. The van der Waals surface area contributed by atoms with E-state index in [2.05, 4.69) is 230 Å². The van der Waals surface area contributed by atoms with E-state index in [1.54, 1.807) is 0 Å². The Hall–Kier alpha value is -7.62. The summed E-state index contributed by atoms with van der Waals surface area (Å²) in [5.41, 5.74) is 17.8. The van der Waals surface area contributed by atoms with Crippen molar-refractivity contribution in [1.82, 2.24) is 4.57 Å². The predicted molar refractivity (Wildman–Crippen MR) is 249 cm³/mol. The molecule has 0 fully saturated rings. The molecule has 0 amide bonds. The van der Waals surface area contributed by atoms with Crippen molar-refractivity contribution in [3.05, 3.63) is 217 Å². The van der Waals surface area contributed by atoms with Crippen molar-refractivity contribution in [3.8, 4) is 39.1 Å². The number of hydrogen-bond acceptors (Lipinski definition) is 2. The first-order valence-corrected chi connectivity index (χ1v) is 20.3. The van der Waals surface area contributed by atoms with Gasteiger partial charge in [-0.1, -0.05) is 146 Å². The summed E-state index contributed by atoms with van der Waals surface area (Å²) in [6.07, 6.45) is 0. The Morgan fingerprint density at radius 1 is 0.407 bits per heavy atom. The molecule has 11 rings (SSSR count). The molecule has 0 bridgehead atoms. The fraction of sp³-hybridized carbons (Fsp3) is 0.0357. The van der Waals surface area contributed by atoms with Crippen LogP contribution in [0.25, 0.3) is 82.8 Å². The lowest BCUT2D eigenvalue weighted by Gasteiger charge is -2.29. The van der Waals surface area contributed by atoms with Gasteiger partial charge < -0.3 is 13.9 Å². The third kappa shape index (κ3) is 5.74. The highest BCUT2D eigenvalue weighted by molar-refractivity contribution is 6.18. The summed E-state index contributed by atoms with van der Waals surface area (Å²) in [6.45, 7) is 4.44. The van der Waals surface area contributed by atoms with Gasteiger partial charge in [0.25, 0.3) is 0 Å². The second-order valence-corrected chi connectivity index (χ2v) is 15.4. The first kappa shape index (κ1) is 34.6. The second-order valence-electron chi connectivity index (χ2n) is 15.4. The minimum absolute atomic E-state index is 0.859. The maximum absolute atomic E-state index is 7.02. The number of fused-ring (bicyclic) bond motifs is 6. The number of rotatable bonds is 7. The maximum atomic E-state index is 7.02. The van der Waals surface area contributed by atoms with E-state index in [0.29, 0.717) is 0 Å². The van der Waals surface area contributed by atoms with Crippen LogP contribution in [0.15, 0.2) is 211 Å². The van der Waals surface area contributed by atoms with Crippen molar-refractivity contribution in [2.24, 2.45) is 0 Å². The van der Waals surface area contributed by atoms with Crippen LogP contribution in [0.1, 0.15) is 11.1 Å². The molecule has 9 aromatic carbocycles. The summed E-state index contributed by atoms with van der Waals surface area (Å²) in [4.78, 5) is 2.43. The third-order valence-electron chi connectivity index (χ3n) is 11.9. The van der Waals surface area contributed by atoms with Gasteiger partial charge in [-0.25, -0.2) is 0 Å². The molecule has 0 spiro atoms. The average molecular weight is 757 g/mol. The quantitative estimate of drug-likeness (QED) is 0.161. The van der Waals surface area contributed by atoms with Crippen LogP contribution >= 0.6 is 0 Å². The molecule has 0 atom stereocenters. The number of benzene rings is 9. The van der Waals surface area contributed by atoms with Gasteiger partial charge in [0.2, 0.25) is 0 Å². The van der Waals surface area contributed by atoms with Crippen molar-refractivity contribution >= 4 is 60.8 Å². The zero-order valence-corrected chi connectivity index (χ0v) is 32.9. The van der Waals surface area contributed by atoms with Gasteiger partial charge in [-0.3, -0.25) is 0 Å². The number of anilines is 3. The van der Waals surface area contributed by atoms with E-state index >= 15 is 0 Å². The van der Waals surface area contributed by atoms with E-state index in [4.69, 9.17) is 4.42 Å². The molecule has 280 valence electrons. The number of para-hydroxylation sites is 4. The van der Waals surface area contributed by atoms with Crippen LogP contribution < -0.4 is 4.90 Å². The Labute approximate surface area is 343 Å². The smallest absolute Gasteiger partial charge is 0.145 e. The topological polar surface area (TPSA) is 21.3 Å². The molecule has 0 unspecified atom stereocenters. The molecular weight excluding hydrogens is 717 g/mol. The second kappa shape index (κ2) is 14.1. The largest absolute Gasteiger partial charge is 0.455 e. The molecule has 0 aliphatic heterocycles. The third-order valence-corrected chi connectivity index (χ3v) is 11.9. The number of aryl methyl sites for hydroxylation is 2. The van der Waals surface area contributed by atoms with Gasteiger partial charge in [0.05, 0.1) is 27.8 Å². The van der Waals surface area contributed by atoms with Crippen molar-refractivity contribution in [2.75, 3.05) is 4.90 Å². The van der Waals surface area contributed by atoms with E-state index in [9.17, 15) is 0 Å². The molecule has 59 heavy (non-hydrogen) atoms. The molecule has 0 saturated heterocycles. The van der Waals surface area contributed by atoms with Gasteiger partial charge in [-0.15, -0.1) is 0 Å². The number of hydrogen-bond donors (Lipinski definition) is 0. The Kier molecular flexibility index (Phi) is 8.27. The van der Waals surface area contributed by atoms with Gasteiger partial charge >= 0.3 is 0 Å². The summed E-state index contributed by atoms with van der Waals surface area (Å²) in [6, 6.07) is 74.1. The molecule has 0 aliphatic rings. The monoisotopic (exact) mass is 756 g/mol. The standard InChI is InChI=1S/C56H40N2O/c1-37-36-42(30-31-43(37)40-19-7-4-8-20-40)57(49-33-29-41(35-38(49)2)39-17-5-3-6-18-39)53-34-32-47(56-55(53)48-24-12-16-28-54(48)59-56)46-23-11-15-27-52(46)58-50-25-13-9-21-44(50)45-22-10-14-26-51(45)58/h3-36H,1-2H3. The molecule has 3 heteroatoms. The lowest BCUT2D eigenvalue weighted by Crippen LogP contribution is -2.12. The van der Waals surface area contributed by atoms with Crippen LogP contribution in [-0.4, -0.2) is 4.57 Å². The van der Waals surface area contributed by atoms with Crippen LogP contribution in [0, 0.1) is 13.8 Å². The van der Waals surface area contributed by atoms with Crippen LogP contribution in [-0.2, 0) is 0 Å². The summed E-state index contributed by atoms with van der Waals surface area (Å²) >= 11 is 0. The molecule has 0 saturated carbocycles. The lowest BCUT2D eigenvalue weighted by atomic mass is 9.96. The van der Waals surface area contributed by atoms with Crippen molar-refractivity contribution < 1.29 is 4.42 Å². The van der Waals surface area contributed by atoms with Crippen LogP contribution in [0.4, 0.5) is 17.1 Å². The fourth-order valence-electron chi connectivity index (χ4n) is 9.14. The van der Waals surface area contributed by atoms with Crippen molar-refractivity contribution in [2.45, 2.75) is 13.8 Å². The minimum Gasteiger partial charge on any atom is -0.455 e. The Bertz CT molecular complexity index is 3300. The first-order valence-electron chi connectivity index (χ1n) is 20.3. The minimum atomic E-state index is 0.859. The molecule has 0 aliphatic carbocycles. The molecular formula is C56H40N2O. The molecule has 0 N–H and O–H groups in total. The van der Waals surface area contributed by atoms with Gasteiger partial charge in [-0.2, -0.15) is 0 Å². The average Bonchev–Trinajstić information content (AvgIpc) is 3.84. The predicted octanol–water partition coefficient (Wildman–Crippen LogP) is 15.8. The first-order chi connectivity index (χ1) is 29.1. The van der Waals surface area contributed by atoms with E-state index in [1.807, 2.05) is 0 Å². The van der Waals surface area contributed by atoms with Crippen molar-refractivity contribution in [3.63, 3.8) is 0 Å². The van der Waals surface area contributed by atoms with Crippen LogP contribution in [0.5, 0.6) is 0 Å². The number of aromatic nitrogens is 1. The SMILES string of the molecule is Cc1cc(N(c2ccc(-c3ccccc3)cc2C)c2ccc(-c3ccccc3-n3c4ccccc4c4ccccc43)c3oc4ccccc4c23)ccc1-c1ccccc1. The molecule has 0 radical (unpaired) electrons. The highest BCUT2D eigenvalue weighted by Crippen LogP contribution is 2.49. The Morgan fingerprint density at radius 2 is 1.00 bits per heavy atom. The highest BCUT2D eigenvalue weighted by atomic mass is 16.3. The Morgan fingerprint density at radius 3 is 1.71 bits per heavy atom. The number of nitrogens with zero attached hydrogens (tertiary/aromatic N) is 2. The summed E-state index contributed by atoms with van der Waals surface area (Å²) in [5, 5.41) is 4.63. The van der Waals surface area contributed by atoms with Gasteiger partial charge in [-0.05, 0) is 108 Å². The van der Waals surface area contributed by atoms with E-state index in [1.165, 1.54) is 55.2 Å². The van der Waals surface area contributed by atoms with Crippen LogP contribution in [0.2, 0.25) is 0 Å². The van der Waals surface area contributed by atoms with Gasteiger partial charge in [0.15, 0.2) is 0 Å². The summed E-state index contributed by atoms with van der Waals surface area (Å²) in [5.74, 6) is 0. The van der Waals surface area contributed by atoms with Gasteiger partial charge in [0, 0.05) is 38.7 Å². The van der Waals surface area contributed by atoms with E-state index in [0.717, 1.165) is 55.8 Å². The maximum Gasteiger partial charge on any atom is 0.145 e. The lowest BCUT2D eigenvalue weighted by molar-refractivity contribution is 0.670. The van der Waals surface area contributed by atoms with Gasteiger partial charge in [0.1, 0.15) is 11.2 Å². The zero-order chi connectivity index (χ0) is 39.5. The number of furan rings is 1. The van der Waals surface area contributed by atoms with Crippen molar-refractivity contribution in [1.29, 1.82) is 0 Å². The molecule has 11 aromatic rings. The summed E-state index contributed by atoms with van der Waals surface area (Å²) in [7, 11) is 0. The van der Waals surface area contributed by atoms with Crippen LogP contribution in [0.3, 0.4) is 0 Å². The zero-order valence-electron chi connectivity index (χ0n) is 32.9. The van der Waals surface area contributed by atoms with E-state index in [-0.39, 0.29) is 0 Å². The highest BCUT2D eigenvalue weighted by Gasteiger charge is 2.25. The fourth-order valence-corrected chi connectivity index (χ4v) is 9.14.